The maximum atomic E-state index is 12.2. The van der Waals surface area contributed by atoms with Crippen molar-refractivity contribution in [2.24, 2.45) is 11.8 Å². The Labute approximate surface area is 120 Å². The van der Waals surface area contributed by atoms with E-state index in [9.17, 15) is 14.4 Å². The van der Waals surface area contributed by atoms with Gasteiger partial charge in [-0.2, -0.15) is 0 Å². The fourth-order valence-electron chi connectivity index (χ4n) is 3.30. The van der Waals surface area contributed by atoms with E-state index in [0.717, 1.165) is 38.5 Å². The Balaban J connectivity index is 1.97. The first-order chi connectivity index (χ1) is 9.58. The Morgan fingerprint density at radius 3 is 2.10 bits per heavy atom. The maximum absolute atomic E-state index is 12.2. The van der Waals surface area contributed by atoms with Gasteiger partial charge in [-0.05, 0) is 25.7 Å². The molecule has 3 amide bonds. The van der Waals surface area contributed by atoms with E-state index >= 15 is 0 Å². The van der Waals surface area contributed by atoms with Gasteiger partial charge < -0.3 is 5.32 Å². The van der Waals surface area contributed by atoms with Crippen molar-refractivity contribution in [3.8, 4) is 0 Å². The second-order valence-corrected chi connectivity index (χ2v) is 5.84. The average Bonchev–Trinajstić information content (AvgIpc) is 2.70. The molecule has 1 saturated heterocycles. The van der Waals surface area contributed by atoms with Crippen molar-refractivity contribution in [3.63, 3.8) is 0 Å². The van der Waals surface area contributed by atoms with Crippen LogP contribution in [0.1, 0.15) is 52.4 Å². The largest absolute Gasteiger partial charge is 0.352 e. The van der Waals surface area contributed by atoms with Gasteiger partial charge >= 0.3 is 0 Å². The number of nitrogens with one attached hydrogen (secondary N) is 1. The monoisotopic (exact) mass is 280 g/mol. The van der Waals surface area contributed by atoms with E-state index in [0.29, 0.717) is 0 Å². The quantitative estimate of drug-likeness (QED) is 0.775. The highest BCUT2D eigenvalue weighted by Crippen LogP contribution is 2.37. The van der Waals surface area contributed by atoms with Crippen molar-refractivity contribution in [3.05, 3.63) is 0 Å². The van der Waals surface area contributed by atoms with Crippen LogP contribution in [-0.4, -0.2) is 35.2 Å². The van der Waals surface area contributed by atoms with Crippen LogP contribution >= 0.6 is 0 Å². The molecule has 112 valence electrons. The van der Waals surface area contributed by atoms with Gasteiger partial charge in [-0.1, -0.05) is 26.7 Å². The Kier molecular flexibility index (Phi) is 4.78. The van der Waals surface area contributed by atoms with Crippen LogP contribution in [0.2, 0.25) is 0 Å². The molecule has 1 aliphatic carbocycles. The molecule has 1 aliphatic heterocycles. The standard InChI is InChI=1S/C15H24N2O3/c1-3-10(4-2)16-13(18)9-17-14(19)11-7-5-6-8-12(11)15(17)20/h10-12H,3-9H2,1-2H3,(H,16,18). The lowest BCUT2D eigenvalue weighted by molar-refractivity contribution is -0.143. The van der Waals surface area contributed by atoms with Crippen molar-refractivity contribution in [2.45, 2.75) is 58.4 Å². The maximum Gasteiger partial charge on any atom is 0.240 e. The molecule has 5 nitrogen and oxygen atoms in total. The molecule has 2 atom stereocenters. The number of nitrogens with zero attached hydrogens (tertiary/aromatic N) is 1. The first-order valence-electron chi connectivity index (χ1n) is 7.73. The lowest BCUT2D eigenvalue weighted by Crippen LogP contribution is -2.44. The highest BCUT2D eigenvalue weighted by atomic mass is 16.2. The highest BCUT2D eigenvalue weighted by molar-refractivity contribution is 6.07. The lowest BCUT2D eigenvalue weighted by Gasteiger charge is -2.19. The van der Waals surface area contributed by atoms with E-state index in [-0.39, 0.29) is 42.1 Å². The molecule has 2 rings (SSSR count). The fourth-order valence-corrected chi connectivity index (χ4v) is 3.30. The molecule has 5 heteroatoms. The minimum Gasteiger partial charge on any atom is -0.352 e. The van der Waals surface area contributed by atoms with Crippen LogP contribution in [0.3, 0.4) is 0 Å². The number of rotatable bonds is 5. The van der Waals surface area contributed by atoms with Crippen LogP contribution in [0, 0.1) is 11.8 Å². The summed E-state index contributed by atoms with van der Waals surface area (Å²) in [6.45, 7) is 3.91. The van der Waals surface area contributed by atoms with Gasteiger partial charge in [-0.15, -0.1) is 0 Å². The first kappa shape index (κ1) is 15.0. The van der Waals surface area contributed by atoms with E-state index < -0.39 is 0 Å². The molecule has 0 aromatic rings. The number of hydrogen-bond donors (Lipinski definition) is 1. The normalized spacial score (nSPS) is 26.1. The zero-order valence-corrected chi connectivity index (χ0v) is 12.4. The molecule has 2 unspecified atom stereocenters. The fraction of sp³-hybridized carbons (Fsp3) is 0.800. The smallest absolute Gasteiger partial charge is 0.240 e. The lowest BCUT2D eigenvalue weighted by atomic mass is 9.81. The topological polar surface area (TPSA) is 66.5 Å². The molecule has 1 N–H and O–H groups in total. The van der Waals surface area contributed by atoms with Gasteiger partial charge in [-0.3, -0.25) is 19.3 Å². The van der Waals surface area contributed by atoms with E-state index in [1.54, 1.807) is 0 Å². The van der Waals surface area contributed by atoms with Crippen LogP contribution in [0.15, 0.2) is 0 Å². The Morgan fingerprint density at radius 1 is 1.15 bits per heavy atom. The second kappa shape index (κ2) is 6.37. The summed E-state index contributed by atoms with van der Waals surface area (Å²) >= 11 is 0. The second-order valence-electron chi connectivity index (χ2n) is 5.84. The Hall–Kier alpha value is -1.39. The van der Waals surface area contributed by atoms with E-state index in [1.807, 2.05) is 13.8 Å². The van der Waals surface area contributed by atoms with Crippen LogP contribution in [0.25, 0.3) is 0 Å². The summed E-state index contributed by atoms with van der Waals surface area (Å²) in [5.74, 6) is -0.841. The van der Waals surface area contributed by atoms with Gasteiger partial charge in [0, 0.05) is 6.04 Å². The third kappa shape index (κ3) is 2.86. The summed E-state index contributed by atoms with van der Waals surface area (Å²) in [5.41, 5.74) is 0. The van der Waals surface area contributed by atoms with Crippen molar-refractivity contribution >= 4 is 17.7 Å². The number of carbonyl (C=O) groups excluding carboxylic acids is 3. The zero-order chi connectivity index (χ0) is 14.7. The molecule has 0 aromatic heterocycles. The van der Waals surface area contributed by atoms with Crippen molar-refractivity contribution in [2.75, 3.05) is 6.54 Å². The van der Waals surface area contributed by atoms with Gasteiger partial charge in [0.1, 0.15) is 6.54 Å². The molecule has 0 radical (unpaired) electrons. The summed E-state index contributed by atoms with van der Waals surface area (Å²) in [6.07, 6.45) is 5.31. The summed E-state index contributed by atoms with van der Waals surface area (Å²) in [5, 5.41) is 2.88. The summed E-state index contributed by atoms with van der Waals surface area (Å²) in [6, 6.07) is 0.123. The van der Waals surface area contributed by atoms with Gasteiger partial charge in [-0.25, -0.2) is 0 Å². The first-order valence-corrected chi connectivity index (χ1v) is 7.73. The van der Waals surface area contributed by atoms with Crippen molar-refractivity contribution in [1.29, 1.82) is 0 Å². The zero-order valence-electron chi connectivity index (χ0n) is 12.4. The molecule has 20 heavy (non-hydrogen) atoms. The highest BCUT2D eigenvalue weighted by Gasteiger charge is 2.48. The van der Waals surface area contributed by atoms with E-state index in [1.165, 1.54) is 4.90 Å². The van der Waals surface area contributed by atoms with Gasteiger partial charge in [0.25, 0.3) is 0 Å². The molecule has 0 aromatic carbocycles. The molecule has 2 fully saturated rings. The number of carbonyl (C=O) groups is 3. The molecule has 2 aliphatic rings. The van der Waals surface area contributed by atoms with Crippen LogP contribution in [0.4, 0.5) is 0 Å². The Bertz CT molecular complexity index is 380. The van der Waals surface area contributed by atoms with Crippen molar-refractivity contribution < 1.29 is 14.4 Å². The minimum absolute atomic E-state index is 0.110. The number of fused-ring (bicyclic) bond motifs is 1. The molecule has 1 saturated carbocycles. The number of imide groups is 1. The predicted octanol–water partition coefficient (Wildman–Crippen LogP) is 1.47. The predicted molar refractivity (Wildman–Crippen MR) is 74.7 cm³/mol. The minimum atomic E-state index is -0.223. The van der Waals surface area contributed by atoms with Gasteiger partial charge in [0.2, 0.25) is 17.7 Å². The average molecular weight is 280 g/mol. The third-order valence-electron chi connectivity index (χ3n) is 4.58. The number of hydrogen-bond acceptors (Lipinski definition) is 3. The number of likely N-dealkylation sites (tertiary alicyclic amines) is 1. The van der Waals surface area contributed by atoms with E-state index in [2.05, 4.69) is 5.32 Å². The SMILES string of the molecule is CCC(CC)NC(=O)CN1C(=O)C2CCCCC2C1=O. The van der Waals surface area contributed by atoms with E-state index in [4.69, 9.17) is 0 Å². The summed E-state index contributed by atoms with van der Waals surface area (Å²) in [7, 11) is 0. The van der Waals surface area contributed by atoms with Crippen LogP contribution < -0.4 is 5.32 Å². The van der Waals surface area contributed by atoms with Crippen molar-refractivity contribution in [1.82, 2.24) is 10.2 Å². The van der Waals surface area contributed by atoms with Crippen LogP contribution in [-0.2, 0) is 14.4 Å². The van der Waals surface area contributed by atoms with Gasteiger partial charge in [0.05, 0.1) is 11.8 Å². The van der Waals surface area contributed by atoms with Crippen LogP contribution in [0.5, 0.6) is 0 Å². The molecular weight excluding hydrogens is 256 g/mol. The Morgan fingerprint density at radius 2 is 1.65 bits per heavy atom. The third-order valence-corrected chi connectivity index (χ3v) is 4.58. The summed E-state index contributed by atoms with van der Waals surface area (Å²) < 4.78 is 0. The molecule has 0 spiro atoms. The number of amides is 3. The molecular formula is C15H24N2O3. The molecule has 0 bridgehead atoms. The molecule has 1 heterocycles. The summed E-state index contributed by atoms with van der Waals surface area (Å²) in [4.78, 5) is 37.6. The van der Waals surface area contributed by atoms with Gasteiger partial charge in [0.15, 0.2) is 0 Å².